The Hall–Kier alpha value is -1.25. The quantitative estimate of drug-likeness (QED) is 0.628. The van der Waals surface area contributed by atoms with Crippen LogP contribution < -0.4 is 10.6 Å². The lowest BCUT2D eigenvalue weighted by Crippen LogP contribution is -2.34. The van der Waals surface area contributed by atoms with Gasteiger partial charge in [0, 0.05) is 18.8 Å². The maximum absolute atomic E-state index is 10.1. The van der Waals surface area contributed by atoms with E-state index in [2.05, 4.69) is 24.1 Å². The molecular weight excluding hydrogens is 164 g/mol. The fourth-order valence-corrected chi connectivity index (χ4v) is 1.54. The summed E-state index contributed by atoms with van der Waals surface area (Å²) in [5.41, 5.74) is 2.46. The SMILES string of the molecule is C=CC1=C(C)NCC(CNC=O)C1. The number of carbonyl (C=O) groups excluding carboxylic acids is 1. The summed E-state index contributed by atoms with van der Waals surface area (Å²) < 4.78 is 0. The highest BCUT2D eigenvalue weighted by molar-refractivity contribution is 5.45. The lowest BCUT2D eigenvalue weighted by atomic mass is 9.94. The number of amides is 1. The maximum atomic E-state index is 10.1. The van der Waals surface area contributed by atoms with E-state index in [1.807, 2.05) is 6.08 Å². The van der Waals surface area contributed by atoms with Crippen molar-refractivity contribution in [2.75, 3.05) is 13.1 Å². The highest BCUT2D eigenvalue weighted by Gasteiger charge is 2.15. The van der Waals surface area contributed by atoms with Gasteiger partial charge in [0.1, 0.15) is 0 Å². The molecule has 0 aromatic carbocycles. The van der Waals surface area contributed by atoms with Crippen LogP contribution in [0.15, 0.2) is 23.9 Å². The zero-order valence-electron chi connectivity index (χ0n) is 7.97. The van der Waals surface area contributed by atoms with E-state index in [0.717, 1.165) is 25.9 Å². The minimum atomic E-state index is 0.488. The van der Waals surface area contributed by atoms with Crippen LogP contribution in [0.4, 0.5) is 0 Å². The predicted octanol–water partition coefficient (Wildman–Crippen LogP) is 0.802. The highest BCUT2D eigenvalue weighted by atomic mass is 16.1. The van der Waals surface area contributed by atoms with E-state index in [4.69, 9.17) is 0 Å². The van der Waals surface area contributed by atoms with Crippen LogP contribution in [0.25, 0.3) is 0 Å². The molecule has 1 rings (SSSR count). The van der Waals surface area contributed by atoms with Crippen LogP contribution in [0, 0.1) is 5.92 Å². The van der Waals surface area contributed by atoms with E-state index in [-0.39, 0.29) is 0 Å². The monoisotopic (exact) mass is 180 g/mol. The molecule has 1 aliphatic rings. The fraction of sp³-hybridized carbons (Fsp3) is 0.500. The second-order valence-corrected chi connectivity index (χ2v) is 3.33. The molecule has 0 radical (unpaired) electrons. The Morgan fingerprint density at radius 1 is 1.77 bits per heavy atom. The van der Waals surface area contributed by atoms with Crippen molar-refractivity contribution in [1.82, 2.24) is 10.6 Å². The smallest absolute Gasteiger partial charge is 0.207 e. The normalized spacial score (nSPS) is 22.1. The summed E-state index contributed by atoms with van der Waals surface area (Å²) in [6.45, 7) is 7.49. The summed E-state index contributed by atoms with van der Waals surface area (Å²) in [6.07, 6.45) is 3.64. The van der Waals surface area contributed by atoms with Gasteiger partial charge in [0.15, 0.2) is 0 Å². The summed E-state index contributed by atoms with van der Waals surface area (Å²) in [6, 6.07) is 0. The molecule has 13 heavy (non-hydrogen) atoms. The van der Waals surface area contributed by atoms with E-state index < -0.39 is 0 Å². The first-order valence-electron chi connectivity index (χ1n) is 4.51. The van der Waals surface area contributed by atoms with Crippen molar-refractivity contribution in [3.8, 4) is 0 Å². The molecule has 0 fully saturated rings. The average Bonchev–Trinajstić information content (AvgIpc) is 2.16. The minimum absolute atomic E-state index is 0.488. The molecule has 2 N–H and O–H groups in total. The second kappa shape index (κ2) is 4.70. The molecule has 1 atom stereocenters. The van der Waals surface area contributed by atoms with Crippen molar-refractivity contribution in [3.63, 3.8) is 0 Å². The van der Waals surface area contributed by atoms with Gasteiger partial charge in [0.05, 0.1) is 0 Å². The van der Waals surface area contributed by atoms with E-state index in [1.54, 1.807) is 0 Å². The van der Waals surface area contributed by atoms with E-state index >= 15 is 0 Å². The van der Waals surface area contributed by atoms with Crippen LogP contribution in [-0.2, 0) is 4.79 Å². The number of carbonyl (C=O) groups is 1. The average molecular weight is 180 g/mol. The van der Waals surface area contributed by atoms with Crippen molar-refractivity contribution in [3.05, 3.63) is 23.9 Å². The lowest BCUT2D eigenvalue weighted by molar-refractivity contribution is -0.109. The lowest BCUT2D eigenvalue weighted by Gasteiger charge is -2.25. The number of rotatable bonds is 4. The van der Waals surface area contributed by atoms with E-state index in [9.17, 15) is 4.79 Å². The molecular formula is C10H16N2O. The van der Waals surface area contributed by atoms with Crippen LogP contribution >= 0.6 is 0 Å². The third-order valence-electron chi connectivity index (χ3n) is 2.38. The summed E-state index contributed by atoms with van der Waals surface area (Å²) in [5.74, 6) is 0.488. The molecule has 72 valence electrons. The Morgan fingerprint density at radius 2 is 2.54 bits per heavy atom. The van der Waals surface area contributed by atoms with Gasteiger partial charge in [-0.3, -0.25) is 4.79 Å². The van der Waals surface area contributed by atoms with Crippen molar-refractivity contribution in [1.29, 1.82) is 0 Å². The molecule has 3 nitrogen and oxygen atoms in total. The van der Waals surface area contributed by atoms with Crippen molar-refractivity contribution < 1.29 is 4.79 Å². The molecule has 0 aromatic rings. The van der Waals surface area contributed by atoms with Gasteiger partial charge in [0.25, 0.3) is 0 Å². The summed E-state index contributed by atoms with van der Waals surface area (Å²) >= 11 is 0. The molecule has 1 unspecified atom stereocenters. The molecule has 0 aliphatic carbocycles. The van der Waals surface area contributed by atoms with Gasteiger partial charge in [-0.2, -0.15) is 0 Å². The molecule has 0 saturated heterocycles. The first kappa shape index (κ1) is 9.84. The molecule has 1 heterocycles. The maximum Gasteiger partial charge on any atom is 0.207 e. The van der Waals surface area contributed by atoms with Crippen molar-refractivity contribution >= 4 is 6.41 Å². The third-order valence-corrected chi connectivity index (χ3v) is 2.38. The number of hydrogen-bond donors (Lipinski definition) is 2. The first-order chi connectivity index (χ1) is 6.27. The zero-order chi connectivity index (χ0) is 9.68. The topological polar surface area (TPSA) is 41.1 Å². The van der Waals surface area contributed by atoms with Gasteiger partial charge in [-0.05, 0) is 24.8 Å². The predicted molar refractivity (Wildman–Crippen MR) is 53.1 cm³/mol. The fourth-order valence-electron chi connectivity index (χ4n) is 1.54. The molecule has 0 bridgehead atoms. The van der Waals surface area contributed by atoms with Gasteiger partial charge in [0.2, 0.25) is 6.41 Å². The molecule has 0 aromatic heterocycles. The van der Waals surface area contributed by atoms with E-state index in [1.165, 1.54) is 11.3 Å². The Bertz CT molecular complexity index is 233. The summed E-state index contributed by atoms with van der Waals surface area (Å²) in [7, 11) is 0. The van der Waals surface area contributed by atoms with Gasteiger partial charge in [-0.25, -0.2) is 0 Å². The Balaban J connectivity index is 2.49. The second-order valence-electron chi connectivity index (χ2n) is 3.33. The molecule has 3 heteroatoms. The third kappa shape index (κ3) is 2.61. The van der Waals surface area contributed by atoms with Crippen LogP contribution in [-0.4, -0.2) is 19.5 Å². The zero-order valence-corrected chi connectivity index (χ0v) is 7.97. The van der Waals surface area contributed by atoms with Crippen LogP contribution in [0.3, 0.4) is 0 Å². The van der Waals surface area contributed by atoms with Gasteiger partial charge in [-0.15, -0.1) is 0 Å². The van der Waals surface area contributed by atoms with Crippen LogP contribution in [0.2, 0.25) is 0 Å². The Morgan fingerprint density at radius 3 is 3.15 bits per heavy atom. The molecule has 1 aliphatic heterocycles. The van der Waals surface area contributed by atoms with E-state index in [0.29, 0.717) is 5.92 Å². The highest BCUT2D eigenvalue weighted by Crippen LogP contribution is 2.19. The number of nitrogens with one attached hydrogen (secondary N) is 2. The first-order valence-corrected chi connectivity index (χ1v) is 4.51. The number of hydrogen-bond acceptors (Lipinski definition) is 2. The minimum Gasteiger partial charge on any atom is -0.388 e. The van der Waals surface area contributed by atoms with Crippen LogP contribution in [0.1, 0.15) is 13.3 Å². The summed E-state index contributed by atoms with van der Waals surface area (Å²) in [5, 5.41) is 5.99. The molecule has 0 spiro atoms. The standard InChI is InChI=1S/C10H16N2O/c1-3-10-4-9(5-11-7-13)6-12-8(10)2/h3,7,9,12H,1,4-6H2,2H3,(H,11,13). The summed E-state index contributed by atoms with van der Waals surface area (Å²) in [4.78, 5) is 10.1. The molecule has 0 saturated carbocycles. The van der Waals surface area contributed by atoms with Gasteiger partial charge >= 0.3 is 0 Å². The van der Waals surface area contributed by atoms with Gasteiger partial charge < -0.3 is 10.6 Å². The van der Waals surface area contributed by atoms with Crippen molar-refractivity contribution in [2.45, 2.75) is 13.3 Å². The number of allylic oxidation sites excluding steroid dienone is 3. The van der Waals surface area contributed by atoms with Crippen molar-refractivity contribution in [2.24, 2.45) is 5.92 Å². The Kier molecular flexibility index (Phi) is 3.55. The van der Waals surface area contributed by atoms with Gasteiger partial charge in [-0.1, -0.05) is 12.7 Å². The molecule has 1 amide bonds. The largest absolute Gasteiger partial charge is 0.388 e. The van der Waals surface area contributed by atoms with Crippen LogP contribution in [0.5, 0.6) is 0 Å². The Labute approximate surface area is 78.9 Å².